The number of nitrogens with zero attached hydrogens (tertiary/aromatic N) is 4. The van der Waals surface area contributed by atoms with Crippen LogP contribution in [0, 0.1) is 0 Å². The molecule has 8 nitrogen and oxygen atoms in total. The minimum absolute atomic E-state index is 0.0984. The maximum Gasteiger partial charge on any atom is 0.259 e. The van der Waals surface area contributed by atoms with Crippen molar-refractivity contribution in [1.29, 1.82) is 0 Å². The first-order chi connectivity index (χ1) is 17.1. The molecule has 0 saturated heterocycles. The Bertz CT molecular complexity index is 1540. The lowest BCUT2D eigenvalue weighted by Crippen LogP contribution is -2.32. The Morgan fingerprint density at radius 2 is 1.74 bits per heavy atom. The maximum absolute atomic E-state index is 13.1. The Morgan fingerprint density at radius 1 is 1.00 bits per heavy atom. The Balaban J connectivity index is 1.41. The predicted molar refractivity (Wildman–Crippen MR) is 132 cm³/mol. The van der Waals surface area contributed by atoms with Gasteiger partial charge < -0.3 is 9.84 Å². The van der Waals surface area contributed by atoms with Crippen molar-refractivity contribution in [3.63, 3.8) is 0 Å². The molecule has 1 amide bonds. The second kappa shape index (κ2) is 9.72. The average Bonchev–Trinajstić information content (AvgIpc) is 3.40. The van der Waals surface area contributed by atoms with Gasteiger partial charge in [0.05, 0.1) is 11.1 Å². The zero-order valence-corrected chi connectivity index (χ0v) is 19.1. The average molecular weight is 466 g/mol. The summed E-state index contributed by atoms with van der Waals surface area (Å²) in [5, 5.41) is 7.68. The van der Waals surface area contributed by atoms with Crippen molar-refractivity contribution in [3.05, 3.63) is 101 Å². The Labute approximate surface area is 201 Å². The summed E-state index contributed by atoms with van der Waals surface area (Å²) in [4.78, 5) is 34.2. The van der Waals surface area contributed by atoms with Crippen molar-refractivity contribution in [3.8, 4) is 22.8 Å². The highest BCUT2D eigenvalue weighted by atomic mass is 16.5. The number of para-hydroxylation sites is 1. The molecule has 0 aliphatic heterocycles. The lowest BCUT2D eigenvalue weighted by Gasteiger charge is -2.12. The SMILES string of the molecule is CCc1ccc(CNC(=O)Cn2c(=O)cc(-c3nc(-c4ccncc4)no3)c3ccccc32)cc1. The molecule has 0 bridgehead atoms. The third kappa shape index (κ3) is 4.72. The Morgan fingerprint density at radius 3 is 2.51 bits per heavy atom. The Kier molecular flexibility index (Phi) is 6.17. The molecule has 8 heteroatoms. The summed E-state index contributed by atoms with van der Waals surface area (Å²) in [6.07, 6.45) is 4.26. The summed E-state index contributed by atoms with van der Waals surface area (Å²) in [6, 6.07) is 20.4. The molecule has 0 radical (unpaired) electrons. The van der Waals surface area contributed by atoms with Crippen LogP contribution in [0.2, 0.25) is 0 Å². The quantitative estimate of drug-likeness (QED) is 0.390. The van der Waals surface area contributed by atoms with Gasteiger partial charge in [0.25, 0.3) is 11.4 Å². The third-order valence-electron chi connectivity index (χ3n) is 5.84. The number of benzene rings is 2. The molecule has 5 aromatic rings. The van der Waals surface area contributed by atoms with Crippen molar-refractivity contribution < 1.29 is 9.32 Å². The molecule has 0 spiro atoms. The molecule has 174 valence electrons. The number of aromatic nitrogens is 4. The molecule has 0 fully saturated rings. The molecule has 5 rings (SSSR count). The molecule has 0 saturated carbocycles. The van der Waals surface area contributed by atoms with E-state index in [0.717, 1.165) is 22.9 Å². The van der Waals surface area contributed by atoms with E-state index < -0.39 is 0 Å². The minimum Gasteiger partial charge on any atom is -0.350 e. The maximum atomic E-state index is 13.1. The zero-order chi connectivity index (χ0) is 24.2. The van der Waals surface area contributed by atoms with E-state index in [2.05, 4.69) is 39.5 Å². The van der Waals surface area contributed by atoms with Crippen LogP contribution in [0.4, 0.5) is 0 Å². The fourth-order valence-electron chi connectivity index (χ4n) is 3.92. The van der Waals surface area contributed by atoms with Crippen molar-refractivity contribution in [2.75, 3.05) is 0 Å². The van der Waals surface area contributed by atoms with Crippen molar-refractivity contribution in [2.24, 2.45) is 0 Å². The van der Waals surface area contributed by atoms with Crippen LogP contribution in [0.3, 0.4) is 0 Å². The number of fused-ring (bicyclic) bond motifs is 1. The van der Waals surface area contributed by atoms with Gasteiger partial charge in [-0.2, -0.15) is 4.98 Å². The number of pyridine rings is 2. The normalized spacial score (nSPS) is 11.0. The fraction of sp³-hybridized carbons (Fsp3) is 0.148. The molecule has 3 aromatic heterocycles. The highest BCUT2D eigenvalue weighted by molar-refractivity contribution is 5.93. The van der Waals surface area contributed by atoms with Gasteiger partial charge >= 0.3 is 0 Å². The topological polar surface area (TPSA) is 103 Å². The minimum atomic E-state index is -0.329. The molecule has 2 aromatic carbocycles. The molecule has 0 aliphatic rings. The number of carbonyl (C=O) groups is 1. The smallest absolute Gasteiger partial charge is 0.259 e. The van der Waals surface area contributed by atoms with Crippen LogP contribution in [0.15, 0.2) is 88.4 Å². The van der Waals surface area contributed by atoms with E-state index in [9.17, 15) is 9.59 Å². The van der Waals surface area contributed by atoms with Crippen LogP contribution in [-0.4, -0.2) is 25.6 Å². The van der Waals surface area contributed by atoms with Crippen molar-refractivity contribution >= 4 is 16.8 Å². The van der Waals surface area contributed by atoms with Crippen LogP contribution in [-0.2, 0) is 24.3 Å². The molecular weight excluding hydrogens is 442 g/mol. The van der Waals surface area contributed by atoms with E-state index in [1.54, 1.807) is 30.6 Å². The molecule has 0 atom stereocenters. The number of carbonyl (C=O) groups excluding carboxylic acids is 1. The second-order valence-electron chi connectivity index (χ2n) is 8.11. The van der Waals surface area contributed by atoms with Gasteiger partial charge in [-0.05, 0) is 35.7 Å². The molecule has 1 N–H and O–H groups in total. The first-order valence-electron chi connectivity index (χ1n) is 11.3. The van der Waals surface area contributed by atoms with E-state index in [-0.39, 0.29) is 23.9 Å². The van der Waals surface area contributed by atoms with Crippen LogP contribution >= 0.6 is 0 Å². The monoisotopic (exact) mass is 465 g/mol. The van der Waals surface area contributed by atoms with E-state index >= 15 is 0 Å². The van der Waals surface area contributed by atoms with Gasteiger partial charge in [-0.15, -0.1) is 0 Å². The largest absolute Gasteiger partial charge is 0.350 e. The Hall–Kier alpha value is -4.59. The van der Waals surface area contributed by atoms with E-state index in [0.29, 0.717) is 23.4 Å². The van der Waals surface area contributed by atoms with Crippen LogP contribution in [0.5, 0.6) is 0 Å². The van der Waals surface area contributed by atoms with Gasteiger partial charge in [0.15, 0.2) is 0 Å². The molecule has 0 aliphatic carbocycles. The summed E-state index contributed by atoms with van der Waals surface area (Å²) in [6.45, 7) is 2.40. The van der Waals surface area contributed by atoms with E-state index in [4.69, 9.17) is 4.52 Å². The van der Waals surface area contributed by atoms with Crippen molar-refractivity contribution in [2.45, 2.75) is 26.4 Å². The number of amides is 1. The predicted octanol–water partition coefficient (Wildman–Crippen LogP) is 3.99. The zero-order valence-electron chi connectivity index (χ0n) is 19.1. The van der Waals surface area contributed by atoms with Crippen molar-refractivity contribution in [1.82, 2.24) is 25.0 Å². The number of rotatable bonds is 7. The second-order valence-corrected chi connectivity index (χ2v) is 8.11. The number of aryl methyl sites for hydroxylation is 1. The lowest BCUT2D eigenvalue weighted by molar-refractivity contribution is -0.121. The summed E-state index contributed by atoms with van der Waals surface area (Å²) < 4.78 is 6.94. The third-order valence-corrected chi connectivity index (χ3v) is 5.84. The van der Waals surface area contributed by atoms with E-state index in [1.807, 2.05) is 30.3 Å². The first kappa shape index (κ1) is 22.2. The van der Waals surface area contributed by atoms with Crippen LogP contribution in [0.25, 0.3) is 33.7 Å². The van der Waals surface area contributed by atoms with Gasteiger partial charge in [0.1, 0.15) is 6.54 Å². The summed E-state index contributed by atoms with van der Waals surface area (Å²) in [5.41, 5.74) is 3.81. The number of nitrogens with one attached hydrogen (secondary N) is 1. The lowest BCUT2D eigenvalue weighted by atomic mass is 10.1. The molecule has 0 unspecified atom stereocenters. The standard InChI is InChI=1S/C27H23N5O3/c1-2-18-7-9-19(10-8-18)16-29-24(33)17-32-23-6-4-3-5-21(23)22(15-25(32)34)27-30-26(31-35-27)20-11-13-28-14-12-20/h3-15H,2,16-17H2,1H3,(H,29,33). The highest BCUT2D eigenvalue weighted by Crippen LogP contribution is 2.27. The van der Waals surface area contributed by atoms with Crippen LogP contribution in [0.1, 0.15) is 18.1 Å². The van der Waals surface area contributed by atoms with Gasteiger partial charge in [0.2, 0.25) is 11.7 Å². The molecule has 35 heavy (non-hydrogen) atoms. The summed E-state index contributed by atoms with van der Waals surface area (Å²) >= 11 is 0. The number of hydrogen-bond donors (Lipinski definition) is 1. The summed E-state index contributed by atoms with van der Waals surface area (Å²) in [7, 11) is 0. The van der Waals surface area contributed by atoms with Crippen LogP contribution < -0.4 is 10.9 Å². The fourth-order valence-corrected chi connectivity index (χ4v) is 3.92. The highest BCUT2D eigenvalue weighted by Gasteiger charge is 2.17. The van der Waals surface area contributed by atoms with Gasteiger partial charge in [0, 0.05) is 36.0 Å². The molecule has 3 heterocycles. The summed E-state index contributed by atoms with van der Waals surface area (Å²) in [5.74, 6) is 0.390. The van der Waals surface area contributed by atoms with Gasteiger partial charge in [-0.25, -0.2) is 0 Å². The first-order valence-corrected chi connectivity index (χ1v) is 11.3. The van der Waals surface area contributed by atoms with Gasteiger partial charge in [-0.1, -0.05) is 54.5 Å². The number of hydrogen-bond acceptors (Lipinski definition) is 6. The van der Waals surface area contributed by atoms with E-state index in [1.165, 1.54) is 16.2 Å². The molecular formula is C27H23N5O3. The van der Waals surface area contributed by atoms with Gasteiger partial charge in [-0.3, -0.25) is 19.1 Å².